The Morgan fingerprint density at radius 2 is 1.82 bits per heavy atom. The van der Waals surface area contributed by atoms with E-state index in [1.165, 1.54) is 0 Å². The lowest BCUT2D eigenvalue weighted by atomic mass is 9.88. The van der Waals surface area contributed by atoms with E-state index in [2.05, 4.69) is 15.0 Å². The fraction of sp³-hybridized carbons (Fsp3) is 0.464. The normalized spacial score (nSPS) is 15.4. The molecule has 218 valence electrons. The predicted molar refractivity (Wildman–Crippen MR) is 151 cm³/mol. The van der Waals surface area contributed by atoms with Gasteiger partial charge in [-0.05, 0) is 88.1 Å². The Morgan fingerprint density at radius 3 is 2.48 bits per heavy atom. The number of ether oxygens (including phenoxy) is 2. The van der Waals surface area contributed by atoms with Crippen molar-refractivity contribution in [1.29, 1.82) is 0 Å². The highest BCUT2D eigenvalue weighted by Crippen LogP contribution is 2.42. The maximum Gasteiger partial charge on any atom is 0.408 e. The number of carboxylic acids is 1. The molecule has 0 saturated heterocycles. The van der Waals surface area contributed by atoms with Crippen LogP contribution in [0.15, 0.2) is 40.2 Å². The molecule has 0 bridgehead atoms. The van der Waals surface area contributed by atoms with Crippen molar-refractivity contribution in [1.82, 2.24) is 10.0 Å². The van der Waals surface area contributed by atoms with Gasteiger partial charge in [-0.15, -0.1) is 0 Å². The van der Waals surface area contributed by atoms with Gasteiger partial charge in [-0.25, -0.2) is 22.7 Å². The lowest BCUT2D eigenvalue weighted by Gasteiger charge is -2.35. The number of hydrogen-bond acceptors (Lipinski definition) is 7. The number of aliphatic carboxylic acids is 1. The van der Waals surface area contributed by atoms with Crippen LogP contribution in [-0.4, -0.2) is 49.7 Å². The monoisotopic (exact) mass is 574 g/mol. The number of carbonyl (C=O) groups excluding carboxylic acids is 1. The van der Waals surface area contributed by atoms with Crippen molar-refractivity contribution in [2.24, 2.45) is 10.7 Å². The van der Waals surface area contributed by atoms with Crippen molar-refractivity contribution in [3.8, 4) is 5.75 Å². The van der Waals surface area contributed by atoms with Crippen LogP contribution in [0.3, 0.4) is 0 Å². The number of alkyl carbamates (subject to hydrolysis) is 1. The Kier molecular flexibility index (Phi) is 9.67. The van der Waals surface area contributed by atoms with Crippen LogP contribution in [0.2, 0.25) is 0 Å². The summed E-state index contributed by atoms with van der Waals surface area (Å²) in [5.74, 6) is -0.804. The van der Waals surface area contributed by atoms with Gasteiger partial charge < -0.3 is 25.6 Å². The van der Waals surface area contributed by atoms with Crippen LogP contribution in [-0.2, 0) is 32.6 Å². The second-order valence-electron chi connectivity index (χ2n) is 10.5. The minimum atomic E-state index is -4.05. The van der Waals surface area contributed by atoms with Crippen molar-refractivity contribution in [3.63, 3.8) is 0 Å². The number of carbonyl (C=O) groups is 2. The molecule has 1 aliphatic rings. The molecule has 5 N–H and O–H groups in total. The number of guanidine groups is 1. The summed E-state index contributed by atoms with van der Waals surface area (Å²) in [6, 6.07) is 7.79. The van der Waals surface area contributed by atoms with Crippen LogP contribution < -0.4 is 20.5 Å². The number of benzene rings is 2. The van der Waals surface area contributed by atoms with Crippen molar-refractivity contribution >= 4 is 28.0 Å². The first kappa shape index (κ1) is 30.7. The first-order valence-corrected chi connectivity index (χ1v) is 14.5. The van der Waals surface area contributed by atoms with E-state index in [-0.39, 0.29) is 42.4 Å². The Bertz CT molecular complexity index is 1390. The molecule has 40 heavy (non-hydrogen) atoms. The summed E-state index contributed by atoms with van der Waals surface area (Å²) in [5, 5.41) is 11.8. The van der Waals surface area contributed by atoms with E-state index in [1.807, 2.05) is 26.8 Å². The molecule has 0 aliphatic carbocycles. The molecule has 0 unspecified atom stereocenters. The second-order valence-corrected chi connectivity index (χ2v) is 12.1. The van der Waals surface area contributed by atoms with E-state index >= 15 is 0 Å². The molecule has 12 heteroatoms. The number of nitrogens with two attached hydrogens (primary N) is 1. The van der Waals surface area contributed by atoms with Crippen molar-refractivity contribution in [2.75, 3.05) is 6.54 Å². The Hall–Kier alpha value is -3.80. The zero-order valence-electron chi connectivity index (χ0n) is 23.5. The predicted octanol–water partition coefficient (Wildman–Crippen LogP) is 3.47. The Balaban J connectivity index is 1.59. The summed E-state index contributed by atoms with van der Waals surface area (Å²) in [4.78, 5) is 27.8. The van der Waals surface area contributed by atoms with Gasteiger partial charge in [0.2, 0.25) is 5.96 Å². The molecule has 1 aliphatic heterocycles. The van der Waals surface area contributed by atoms with E-state index in [0.29, 0.717) is 17.5 Å². The molecular weight excluding hydrogens is 536 g/mol. The zero-order valence-corrected chi connectivity index (χ0v) is 24.4. The Labute approximate surface area is 235 Å². The highest BCUT2D eigenvalue weighted by molar-refractivity contribution is 7.90. The molecule has 11 nitrogen and oxygen atoms in total. The third-order valence-corrected chi connectivity index (χ3v) is 8.54. The number of sulfonamides is 1. The molecule has 0 radical (unpaired) electrons. The highest BCUT2D eigenvalue weighted by Gasteiger charge is 2.33. The van der Waals surface area contributed by atoms with Crippen LogP contribution in [0.25, 0.3) is 0 Å². The molecule has 0 saturated carbocycles. The lowest BCUT2D eigenvalue weighted by molar-refractivity contribution is -0.139. The van der Waals surface area contributed by atoms with Crippen LogP contribution in [0.1, 0.15) is 60.9 Å². The largest absolute Gasteiger partial charge is 0.487 e. The van der Waals surface area contributed by atoms with Crippen LogP contribution in [0.4, 0.5) is 4.79 Å². The first-order valence-electron chi connectivity index (χ1n) is 13.1. The fourth-order valence-electron chi connectivity index (χ4n) is 4.63. The zero-order chi connectivity index (χ0) is 29.7. The van der Waals surface area contributed by atoms with Gasteiger partial charge in [0, 0.05) is 6.54 Å². The van der Waals surface area contributed by atoms with Gasteiger partial charge >= 0.3 is 12.1 Å². The molecule has 1 atom stereocenters. The number of hydrogen-bond donors (Lipinski definition) is 4. The molecule has 1 amide bonds. The average Bonchev–Trinajstić information content (AvgIpc) is 2.87. The fourth-order valence-corrected chi connectivity index (χ4v) is 6.16. The minimum Gasteiger partial charge on any atom is -0.487 e. The van der Waals surface area contributed by atoms with Gasteiger partial charge in [0.25, 0.3) is 10.0 Å². The van der Waals surface area contributed by atoms with Gasteiger partial charge in [0.15, 0.2) is 0 Å². The summed E-state index contributed by atoms with van der Waals surface area (Å²) < 4.78 is 40.2. The number of aliphatic imine (C=N–C) groups is 1. The minimum absolute atomic E-state index is 0.00762. The van der Waals surface area contributed by atoms with Gasteiger partial charge in [0.1, 0.15) is 24.0 Å². The van der Waals surface area contributed by atoms with E-state index < -0.39 is 28.1 Å². The number of fused-ring (bicyclic) bond motifs is 1. The smallest absolute Gasteiger partial charge is 0.408 e. The van der Waals surface area contributed by atoms with E-state index in [4.69, 9.17) is 15.2 Å². The molecule has 0 fully saturated rings. The number of nitrogens with one attached hydrogen (secondary N) is 2. The molecule has 1 heterocycles. The van der Waals surface area contributed by atoms with Gasteiger partial charge in [0.05, 0.1) is 4.90 Å². The SMILES string of the molecule is Cc1c(C)c(S(=O)(=O)NC(N)=NCCC[C@H](NC(=O)OCc2ccccc2)C(=O)O)c(C)c2c1OC(C)(C)CC2. The summed E-state index contributed by atoms with van der Waals surface area (Å²) >= 11 is 0. The number of nitrogens with zero attached hydrogens (tertiary/aromatic N) is 1. The third-order valence-electron chi connectivity index (χ3n) is 6.91. The van der Waals surface area contributed by atoms with Crippen molar-refractivity contribution in [3.05, 3.63) is 58.1 Å². The molecule has 0 spiro atoms. The average molecular weight is 575 g/mol. The van der Waals surface area contributed by atoms with Gasteiger partial charge in [-0.3, -0.25) is 4.99 Å². The maximum absolute atomic E-state index is 13.3. The second kappa shape index (κ2) is 12.6. The van der Waals surface area contributed by atoms with Crippen molar-refractivity contribution in [2.45, 2.75) is 83.4 Å². The number of carboxylic acid groups (broad SMARTS) is 1. The summed E-state index contributed by atoms with van der Waals surface area (Å²) in [7, 11) is -4.05. The first-order chi connectivity index (χ1) is 18.7. The van der Waals surface area contributed by atoms with Crippen molar-refractivity contribution < 1.29 is 32.6 Å². The standard InChI is InChI=1S/C28H38N4O7S/c1-17-18(2)24(19(3)21-13-14-28(4,5)39-23(17)21)40(36,37)32-26(29)30-15-9-12-22(25(33)34)31-27(35)38-16-20-10-7-6-8-11-20/h6-8,10-11,22H,9,12-16H2,1-5H3,(H,31,35)(H,33,34)(H3,29,30,32)/t22-/m0/s1. The van der Waals surface area contributed by atoms with Gasteiger partial charge in [-0.2, -0.15) is 0 Å². The lowest BCUT2D eigenvalue weighted by Crippen LogP contribution is -2.41. The Morgan fingerprint density at radius 1 is 1.15 bits per heavy atom. The third kappa shape index (κ3) is 7.65. The van der Waals surface area contributed by atoms with Crippen LogP contribution in [0.5, 0.6) is 5.75 Å². The molecule has 2 aromatic rings. The number of rotatable bonds is 10. The molecule has 0 aromatic heterocycles. The highest BCUT2D eigenvalue weighted by atomic mass is 32.2. The van der Waals surface area contributed by atoms with Crippen LogP contribution >= 0.6 is 0 Å². The van der Waals surface area contributed by atoms with E-state index in [0.717, 1.165) is 28.9 Å². The topological polar surface area (TPSA) is 169 Å². The molecule has 3 rings (SSSR count). The molecule has 2 aromatic carbocycles. The van der Waals surface area contributed by atoms with E-state index in [1.54, 1.807) is 38.1 Å². The quantitative estimate of drug-likeness (QED) is 0.190. The number of amides is 1. The summed E-state index contributed by atoms with van der Waals surface area (Å²) in [6.07, 6.45) is 0.864. The molecular formula is C28H38N4O7S. The van der Waals surface area contributed by atoms with Crippen LogP contribution in [0, 0.1) is 20.8 Å². The van der Waals surface area contributed by atoms with E-state index in [9.17, 15) is 23.1 Å². The maximum atomic E-state index is 13.3. The summed E-state index contributed by atoms with van der Waals surface area (Å²) in [6.45, 7) is 9.41. The summed E-state index contributed by atoms with van der Waals surface area (Å²) in [5.41, 5.74) is 9.15. The van der Waals surface area contributed by atoms with Gasteiger partial charge in [-0.1, -0.05) is 30.3 Å².